The van der Waals surface area contributed by atoms with Gasteiger partial charge in [-0.2, -0.15) is 11.8 Å². The summed E-state index contributed by atoms with van der Waals surface area (Å²) in [6.07, 6.45) is 3.60. The zero-order chi connectivity index (χ0) is 18.9. The molecule has 2 saturated heterocycles. The van der Waals surface area contributed by atoms with E-state index < -0.39 is 0 Å². The molecule has 5 nitrogen and oxygen atoms in total. The number of hydrogen-bond donors (Lipinski definition) is 1. The molecule has 2 heterocycles. The highest BCUT2D eigenvalue weighted by Crippen LogP contribution is 2.20. The van der Waals surface area contributed by atoms with Gasteiger partial charge in [-0.15, -0.1) is 24.0 Å². The summed E-state index contributed by atoms with van der Waals surface area (Å²) in [6.45, 7) is 6.02. The predicted molar refractivity (Wildman–Crippen MR) is 132 cm³/mol. The Morgan fingerprint density at radius 2 is 1.89 bits per heavy atom. The van der Waals surface area contributed by atoms with Gasteiger partial charge in [0.05, 0.1) is 0 Å². The monoisotopic (exact) mass is 518 g/mol. The molecule has 0 aromatic heterocycles. The van der Waals surface area contributed by atoms with Crippen molar-refractivity contribution < 1.29 is 4.74 Å². The molecule has 2 fully saturated rings. The smallest absolute Gasteiger partial charge is 0.193 e. The Morgan fingerprint density at radius 3 is 2.54 bits per heavy atom. The number of nitrogens with zero attached hydrogens (tertiary/aromatic N) is 3. The lowest BCUT2D eigenvalue weighted by Crippen LogP contribution is -2.39. The molecule has 0 unspecified atom stereocenters. The first-order chi connectivity index (χ1) is 13.3. The topological polar surface area (TPSA) is 40.1 Å². The van der Waals surface area contributed by atoms with E-state index in [1.807, 2.05) is 7.05 Å². The van der Waals surface area contributed by atoms with Crippen LogP contribution in [0.1, 0.15) is 24.8 Å². The molecule has 0 bridgehead atoms. The van der Waals surface area contributed by atoms with Crippen LogP contribution in [0.2, 0.25) is 0 Å². The van der Waals surface area contributed by atoms with Crippen LogP contribution < -0.4 is 10.2 Å². The second-order valence-corrected chi connectivity index (χ2v) is 8.66. The number of benzene rings is 1. The fraction of sp³-hybridized carbons (Fsp3) is 0.667. The van der Waals surface area contributed by atoms with E-state index in [0.29, 0.717) is 0 Å². The van der Waals surface area contributed by atoms with Crippen molar-refractivity contribution in [2.75, 3.05) is 63.3 Å². The molecule has 3 rings (SSSR count). The summed E-state index contributed by atoms with van der Waals surface area (Å²) in [5, 5.41) is 3.51. The summed E-state index contributed by atoms with van der Waals surface area (Å²) < 4.78 is 5.46. The average Bonchev–Trinajstić information content (AvgIpc) is 2.74. The number of aliphatic imine (C=N–C) groups is 1. The van der Waals surface area contributed by atoms with Crippen LogP contribution in [-0.2, 0) is 11.3 Å². The molecule has 0 atom stereocenters. The van der Waals surface area contributed by atoms with Crippen LogP contribution in [0, 0.1) is 5.92 Å². The second-order valence-electron chi connectivity index (χ2n) is 7.43. The normalized spacial score (nSPS) is 18.5. The van der Waals surface area contributed by atoms with Gasteiger partial charge in [0.15, 0.2) is 5.96 Å². The van der Waals surface area contributed by atoms with Crippen molar-refractivity contribution in [3.8, 4) is 0 Å². The number of ether oxygens (including phenoxy) is 1. The van der Waals surface area contributed by atoms with Gasteiger partial charge in [0.1, 0.15) is 0 Å². The Bertz CT molecular complexity index is 587. The zero-order valence-corrected chi connectivity index (χ0v) is 20.4. The standard InChI is InChI=1S/C21H34N4OS.HI/c1-22-21(24(2)10-7-18-8-13-26-14-9-18)23-17-19-3-5-20(6-4-19)25-11-15-27-16-12-25;/h3-6,18H,7-17H2,1-2H3,(H,22,23);1H. The van der Waals surface area contributed by atoms with Crippen molar-refractivity contribution in [1.82, 2.24) is 10.2 Å². The molecular formula is C21H35IN4OS. The Kier molecular flexibility index (Phi) is 10.8. The van der Waals surface area contributed by atoms with Crippen LogP contribution in [0.25, 0.3) is 0 Å². The van der Waals surface area contributed by atoms with Gasteiger partial charge < -0.3 is 19.9 Å². The fourth-order valence-corrected chi connectivity index (χ4v) is 4.63. The Balaban J connectivity index is 0.00000280. The highest BCUT2D eigenvalue weighted by molar-refractivity contribution is 14.0. The summed E-state index contributed by atoms with van der Waals surface area (Å²) >= 11 is 2.05. The van der Waals surface area contributed by atoms with Gasteiger partial charge >= 0.3 is 0 Å². The van der Waals surface area contributed by atoms with Gasteiger partial charge in [0.25, 0.3) is 0 Å². The molecule has 28 heavy (non-hydrogen) atoms. The largest absolute Gasteiger partial charge is 0.381 e. The van der Waals surface area contributed by atoms with Gasteiger partial charge in [0.2, 0.25) is 0 Å². The van der Waals surface area contributed by atoms with Crippen molar-refractivity contribution in [3.05, 3.63) is 29.8 Å². The van der Waals surface area contributed by atoms with Crippen molar-refractivity contribution in [2.45, 2.75) is 25.8 Å². The minimum Gasteiger partial charge on any atom is -0.381 e. The van der Waals surface area contributed by atoms with Gasteiger partial charge in [0, 0.05) is 70.7 Å². The van der Waals surface area contributed by atoms with E-state index >= 15 is 0 Å². The first-order valence-corrected chi connectivity index (χ1v) is 11.3. The Labute approximate surface area is 191 Å². The first kappa shape index (κ1) is 23.6. The summed E-state index contributed by atoms with van der Waals surface area (Å²) in [5.41, 5.74) is 2.64. The second kappa shape index (κ2) is 12.8. The summed E-state index contributed by atoms with van der Waals surface area (Å²) in [7, 11) is 4.00. The molecule has 1 aromatic rings. The molecule has 7 heteroatoms. The number of halogens is 1. The highest BCUT2D eigenvalue weighted by atomic mass is 127. The molecule has 1 aromatic carbocycles. The average molecular weight is 519 g/mol. The van der Waals surface area contributed by atoms with Crippen molar-refractivity contribution in [3.63, 3.8) is 0 Å². The number of rotatable bonds is 6. The highest BCUT2D eigenvalue weighted by Gasteiger charge is 2.15. The lowest BCUT2D eigenvalue weighted by atomic mass is 9.96. The third kappa shape index (κ3) is 7.30. The lowest BCUT2D eigenvalue weighted by Gasteiger charge is -2.28. The van der Waals surface area contributed by atoms with Crippen molar-refractivity contribution in [2.24, 2.45) is 10.9 Å². The van der Waals surface area contributed by atoms with Gasteiger partial charge in [-0.05, 0) is 42.9 Å². The van der Waals surface area contributed by atoms with E-state index in [-0.39, 0.29) is 24.0 Å². The maximum Gasteiger partial charge on any atom is 0.193 e. The molecule has 2 aliphatic heterocycles. The summed E-state index contributed by atoms with van der Waals surface area (Å²) in [5.74, 6) is 4.24. The summed E-state index contributed by atoms with van der Waals surface area (Å²) in [4.78, 5) is 9.18. The Hall–Kier alpha value is -0.670. The summed E-state index contributed by atoms with van der Waals surface area (Å²) in [6, 6.07) is 8.98. The van der Waals surface area contributed by atoms with Crippen LogP contribution in [0.5, 0.6) is 0 Å². The molecule has 0 saturated carbocycles. The molecule has 0 amide bonds. The fourth-order valence-electron chi connectivity index (χ4n) is 3.73. The number of hydrogen-bond acceptors (Lipinski definition) is 4. The molecule has 0 aliphatic carbocycles. The van der Waals surface area contributed by atoms with E-state index in [9.17, 15) is 0 Å². The lowest BCUT2D eigenvalue weighted by molar-refractivity contribution is 0.0625. The molecular weight excluding hydrogens is 483 g/mol. The Morgan fingerprint density at radius 1 is 1.21 bits per heavy atom. The van der Waals surface area contributed by atoms with Gasteiger partial charge in [-0.25, -0.2) is 0 Å². The van der Waals surface area contributed by atoms with E-state index in [1.54, 1.807) is 0 Å². The maximum absolute atomic E-state index is 5.46. The molecule has 0 radical (unpaired) electrons. The van der Waals surface area contributed by atoms with Crippen LogP contribution >= 0.6 is 35.7 Å². The first-order valence-electron chi connectivity index (χ1n) is 10.2. The zero-order valence-electron chi connectivity index (χ0n) is 17.2. The van der Waals surface area contributed by atoms with E-state index in [1.165, 1.54) is 42.0 Å². The molecule has 2 aliphatic rings. The number of anilines is 1. The third-order valence-corrected chi connectivity index (χ3v) is 6.49. The minimum absolute atomic E-state index is 0. The van der Waals surface area contributed by atoms with Crippen LogP contribution in [0.4, 0.5) is 5.69 Å². The van der Waals surface area contributed by atoms with E-state index in [2.05, 4.69) is 63.2 Å². The van der Waals surface area contributed by atoms with Crippen molar-refractivity contribution >= 4 is 47.4 Å². The molecule has 1 N–H and O–H groups in total. The van der Waals surface area contributed by atoms with Crippen LogP contribution in [0.3, 0.4) is 0 Å². The molecule has 158 valence electrons. The molecule has 0 spiro atoms. The maximum atomic E-state index is 5.46. The third-order valence-electron chi connectivity index (χ3n) is 5.55. The van der Waals surface area contributed by atoms with Crippen LogP contribution in [-0.4, -0.2) is 69.3 Å². The number of nitrogens with one attached hydrogen (secondary N) is 1. The van der Waals surface area contributed by atoms with E-state index in [0.717, 1.165) is 51.3 Å². The van der Waals surface area contributed by atoms with Crippen LogP contribution in [0.15, 0.2) is 29.3 Å². The predicted octanol–water partition coefficient (Wildman–Crippen LogP) is 3.68. The van der Waals surface area contributed by atoms with Crippen molar-refractivity contribution in [1.29, 1.82) is 0 Å². The SMILES string of the molecule is CN=C(NCc1ccc(N2CCSCC2)cc1)N(C)CCC1CCOCC1.I. The van der Waals surface area contributed by atoms with E-state index in [4.69, 9.17) is 4.74 Å². The van der Waals surface area contributed by atoms with Gasteiger partial charge in [-0.3, -0.25) is 4.99 Å². The minimum atomic E-state index is 0. The number of thioether (sulfide) groups is 1. The number of guanidine groups is 1. The van der Waals surface area contributed by atoms with Gasteiger partial charge in [-0.1, -0.05) is 12.1 Å². The quantitative estimate of drug-likeness (QED) is 0.354.